The molecule has 3 rings (SSSR count). The molecule has 0 atom stereocenters. The summed E-state index contributed by atoms with van der Waals surface area (Å²) in [7, 11) is 0. The number of nitrogens with zero attached hydrogens (tertiary/aromatic N) is 2. The Morgan fingerprint density at radius 1 is 1.12 bits per heavy atom. The van der Waals surface area contributed by atoms with Crippen molar-refractivity contribution in [3.63, 3.8) is 0 Å². The number of nitrogens with one attached hydrogen (secondary N) is 1. The third kappa shape index (κ3) is 4.55. The lowest BCUT2D eigenvalue weighted by atomic mass is 10.2. The summed E-state index contributed by atoms with van der Waals surface area (Å²) in [6.07, 6.45) is 3.26. The number of hydrogen-bond acceptors (Lipinski definition) is 3. The molecular weight excluding hydrogens is 312 g/mol. The van der Waals surface area contributed by atoms with Crippen LogP contribution in [0.1, 0.15) is 19.5 Å². The van der Waals surface area contributed by atoms with Gasteiger partial charge in [0.15, 0.2) is 0 Å². The molecule has 25 heavy (non-hydrogen) atoms. The van der Waals surface area contributed by atoms with Gasteiger partial charge in [-0.3, -0.25) is 9.89 Å². The summed E-state index contributed by atoms with van der Waals surface area (Å²) in [6, 6.07) is 17.3. The fourth-order valence-corrected chi connectivity index (χ4v) is 2.46. The largest absolute Gasteiger partial charge is 0.329 e. The van der Waals surface area contributed by atoms with Gasteiger partial charge in [0.05, 0.1) is 11.2 Å². The predicted molar refractivity (Wildman–Crippen MR) is 104 cm³/mol. The minimum absolute atomic E-state index is 0.117. The minimum Gasteiger partial charge on any atom is -0.329 e. The maximum atomic E-state index is 12.5. The van der Waals surface area contributed by atoms with E-state index in [9.17, 15) is 4.79 Å². The van der Waals surface area contributed by atoms with Crippen molar-refractivity contribution in [1.29, 1.82) is 0 Å². The smallest absolute Gasteiger partial charge is 0.251 e. The van der Waals surface area contributed by atoms with E-state index in [0.717, 1.165) is 22.3 Å². The summed E-state index contributed by atoms with van der Waals surface area (Å²) >= 11 is 0. The maximum Gasteiger partial charge on any atom is 0.251 e. The van der Waals surface area contributed by atoms with Crippen LogP contribution >= 0.6 is 0 Å². The molecule has 1 heterocycles. The molecular formula is C20H24N4O. The number of para-hydroxylation sites is 2. The number of nitrogens with two attached hydrogens (primary N) is 1. The number of benzene rings is 2. The van der Waals surface area contributed by atoms with Crippen molar-refractivity contribution in [1.82, 2.24) is 10.2 Å². The molecule has 0 aliphatic heterocycles. The number of rotatable bonds is 5. The van der Waals surface area contributed by atoms with Crippen molar-refractivity contribution in [2.45, 2.75) is 13.8 Å². The van der Waals surface area contributed by atoms with Gasteiger partial charge >= 0.3 is 0 Å². The average Bonchev–Trinajstić information content (AvgIpc) is 3.10. The van der Waals surface area contributed by atoms with Gasteiger partial charge in [-0.25, -0.2) is 0 Å². The zero-order valence-corrected chi connectivity index (χ0v) is 14.6. The SMILES string of the molecule is CC.NCCN(C(=O)/C=C/c1n[nH]c2ccccc12)c1ccccc1. The second kappa shape index (κ2) is 9.39. The summed E-state index contributed by atoms with van der Waals surface area (Å²) in [6.45, 7) is 4.87. The molecule has 5 nitrogen and oxygen atoms in total. The molecule has 130 valence electrons. The summed E-state index contributed by atoms with van der Waals surface area (Å²) in [4.78, 5) is 14.2. The van der Waals surface area contributed by atoms with E-state index in [1.165, 1.54) is 6.08 Å². The second-order valence-corrected chi connectivity index (χ2v) is 5.10. The number of amides is 1. The summed E-state index contributed by atoms with van der Waals surface area (Å²) in [5.41, 5.74) is 8.16. The van der Waals surface area contributed by atoms with E-state index in [4.69, 9.17) is 5.73 Å². The highest BCUT2D eigenvalue weighted by Crippen LogP contribution is 2.17. The Hall–Kier alpha value is -2.92. The average molecular weight is 336 g/mol. The van der Waals surface area contributed by atoms with Crippen molar-refractivity contribution in [3.8, 4) is 0 Å². The molecule has 1 amide bonds. The second-order valence-electron chi connectivity index (χ2n) is 5.10. The molecule has 0 radical (unpaired) electrons. The predicted octanol–water partition coefficient (Wildman–Crippen LogP) is 3.59. The highest BCUT2D eigenvalue weighted by molar-refractivity contribution is 6.04. The molecule has 0 spiro atoms. The monoisotopic (exact) mass is 336 g/mol. The quantitative estimate of drug-likeness (QED) is 0.699. The molecule has 0 saturated heterocycles. The van der Waals surface area contributed by atoms with Crippen LogP contribution in [0.15, 0.2) is 60.7 Å². The fourth-order valence-electron chi connectivity index (χ4n) is 2.46. The van der Waals surface area contributed by atoms with Gasteiger partial charge in [0, 0.05) is 30.2 Å². The van der Waals surface area contributed by atoms with Gasteiger partial charge < -0.3 is 10.6 Å². The molecule has 5 heteroatoms. The zero-order valence-electron chi connectivity index (χ0n) is 14.6. The first-order valence-electron chi connectivity index (χ1n) is 8.47. The van der Waals surface area contributed by atoms with Gasteiger partial charge in [0.25, 0.3) is 5.91 Å². The third-order valence-electron chi connectivity index (χ3n) is 3.57. The lowest BCUT2D eigenvalue weighted by Crippen LogP contribution is -2.34. The number of carbonyl (C=O) groups is 1. The number of carbonyl (C=O) groups excluding carboxylic acids is 1. The summed E-state index contributed by atoms with van der Waals surface area (Å²) in [5, 5.41) is 8.18. The van der Waals surface area contributed by atoms with Crippen molar-refractivity contribution < 1.29 is 4.79 Å². The van der Waals surface area contributed by atoms with Gasteiger partial charge in [0.2, 0.25) is 0 Å². The number of hydrogen-bond donors (Lipinski definition) is 2. The van der Waals surface area contributed by atoms with Crippen LogP contribution in [0.2, 0.25) is 0 Å². The van der Waals surface area contributed by atoms with Crippen LogP contribution in [0, 0.1) is 0 Å². The van der Waals surface area contributed by atoms with Crippen LogP contribution in [0.3, 0.4) is 0 Å². The Morgan fingerprint density at radius 3 is 2.52 bits per heavy atom. The van der Waals surface area contributed by atoms with Crippen molar-refractivity contribution >= 4 is 28.6 Å². The Balaban J connectivity index is 0.00000109. The summed E-state index contributed by atoms with van der Waals surface area (Å²) in [5.74, 6) is -0.117. The number of H-pyrrole nitrogens is 1. The normalized spacial score (nSPS) is 10.5. The van der Waals surface area contributed by atoms with Crippen LogP contribution in [0.5, 0.6) is 0 Å². The van der Waals surface area contributed by atoms with Crippen LogP contribution in [0.4, 0.5) is 5.69 Å². The van der Waals surface area contributed by atoms with E-state index >= 15 is 0 Å². The van der Waals surface area contributed by atoms with E-state index in [2.05, 4.69) is 10.2 Å². The Bertz CT molecular complexity index is 824. The minimum atomic E-state index is -0.117. The fraction of sp³-hybridized carbons (Fsp3) is 0.200. The first kappa shape index (κ1) is 18.4. The lowest BCUT2D eigenvalue weighted by molar-refractivity contribution is -0.114. The van der Waals surface area contributed by atoms with Gasteiger partial charge in [-0.15, -0.1) is 0 Å². The highest BCUT2D eigenvalue weighted by Gasteiger charge is 2.12. The van der Waals surface area contributed by atoms with Crippen molar-refractivity contribution in [3.05, 3.63) is 66.4 Å². The molecule has 2 aromatic carbocycles. The van der Waals surface area contributed by atoms with E-state index in [1.807, 2.05) is 68.4 Å². The molecule has 0 aliphatic rings. The topological polar surface area (TPSA) is 75.0 Å². The molecule has 1 aromatic heterocycles. The number of aromatic nitrogens is 2. The van der Waals surface area contributed by atoms with Crippen LogP contribution in [-0.4, -0.2) is 29.2 Å². The molecule has 3 N–H and O–H groups in total. The first-order valence-corrected chi connectivity index (χ1v) is 8.47. The van der Waals surface area contributed by atoms with Gasteiger partial charge in [0.1, 0.15) is 0 Å². The molecule has 0 bridgehead atoms. The molecule has 0 saturated carbocycles. The molecule has 0 aliphatic carbocycles. The lowest BCUT2D eigenvalue weighted by Gasteiger charge is -2.20. The van der Waals surface area contributed by atoms with Crippen LogP contribution in [-0.2, 0) is 4.79 Å². The van der Waals surface area contributed by atoms with Gasteiger partial charge in [-0.1, -0.05) is 50.2 Å². The highest BCUT2D eigenvalue weighted by atomic mass is 16.2. The van der Waals surface area contributed by atoms with Crippen molar-refractivity contribution in [2.24, 2.45) is 5.73 Å². The third-order valence-corrected chi connectivity index (χ3v) is 3.57. The zero-order chi connectivity index (χ0) is 18.1. The van der Waals surface area contributed by atoms with E-state index < -0.39 is 0 Å². The van der Waals surface area contributed by atoms with Crippen molar-refractivity contribution in [2.75, 3.05) is 18.0 Å². The maximum absolute atomic E-state index is 12.5. The van der Waals surface area contributed by atoms with Crippen LogP contribution in [0.25, 0.3) is 17.0 Å². The first-order chi connectivity index (χ1) is 12.3. The van der Waals surface area contributed by atoms with Gasteiger partial charge in [-0.2, -0.15) is 5.10 Å². The number of fused-ring (bicyclic) bond motifs is 1. The van der Waals surface area contributed by atoms with Gasteiger partial charge in [-0.05, 0) is 24.3 Å². The van der Waals surface area contributed by atoms with Crippen LogP contribution < -0.4 is 10.6 Å². The van der Waals surface area contributed by atoms with E-state index in [1.54, 1.807) is 11.0 Å². The Labute approximate surface area is 148 Å². The standard InChI is InChI=1S/C18H18N4O.C2H6/c19-12-13-22(14-6-2-1-3-7-14)18(23)11-10-17-15-8-4-5-9-16(15)20-21-17;1-2/h1-11H,12-13,19H2,(H,20,21);1-2H3/b11-10+;. The number of anilines is 1. The molecule has 0 unspecified atom stereocenters. The Kier molecular flexibility index (Phi) is 6.92. The molecule has 0 fully saturated rings. The van der Waals surface area contributed by atoms with E-state index in [-0.39, 0.29) is 5.91 Å². The number of aromatic amines is 1. The summed E-state index contributed by atoms with van der Waals surface area (Å²) < 4.78 is 0. The Morgan fingerprint density at radius 2 is 1.80 bits per heavy atom. The van der Waals surface area contributed by atoms with E-state index in [0.29, 0.717) is 13.1 Å². The molecule has 3 aromatic rings.